The topological polar surface area (TPSA) is 29.5 Å². The molecule has 1 N–H and O–H groups in total. The summed E-state index contributed by atoms with van der Waals surface area (Å²) in [5, 5.41) is 11.1. The van der Waals surface area contributed by atoms with Crippen LogP contribution in [0.3, 0.4) is 0 Å². The van der Waals surface area contributed by atoms with Gasteiger partial charge in [-0.25, -0.2) is 0 Å². The van der Waals surface area contributed by atoms with Crippen LogP contribution in [0.25, 0.3) is 0 Å². The lowest BCUT2D eigenvalue weighted by Crippen LogP contribution is -2.44. The van der Waals surface area contributed by atoms with Crippen LogP contribution in [0.4, 0.5) is 0 Å². The second kappa shape index (κ2) is 8.51. The summed E-state index contributed by atoms with van der Waals surface area (Å²) in [6, 6.07) is 4.27. The van der Waals surface area contributed by atoms with Gasteiger partial charge in [-0.2, -0.15) is 0 Å². The third kappa shape index (κ3) is 4.26. The Morgan fingerprint density at radius 3 is 2.68 bits per heavy atom. The first-order valence-corrected chi connectivity index (χ1v) is 11.5. The van der Waals surface area contributed by atoms with Gasteiger partial charge in [-0.3, -0.25) is 0 Å². The Kier molecular flexibility index (Phi) is 6.47. The highest BCUT2D eigenvalue weighted by Gasteiger charge is 2.45. The van der Waals surface area contributed by atoms with E-state index in [2.05, 4.69) is 53.7 Å². The molecule has 1 aliphatic carbocycles. The molecule has 0 aromatic heterocycles. The van der Waals surface area contributed by atoms with Crippen molar-refractivity contribution in [3.8, 4) is 11.5 Å². The predicted molar refractivity (Wildman–Crippen MR) is 118 cm³/mol. The number of benzene rings is 1. The van der Waals surface area contributed by atoms with Crippen molar-refractivity contribution in [2.75, 3.05) is 0 Å². The molecule has 3 rings (SSSR count). The summed E-state index contributed by atoms with van der Waals surface area (Å²) < 4.78 is 6.54. The minimum atomic E-state index is -0.209. The summed E-state index contributed by atoms with van der Waals surface area (Å²) in [7, 11) is 0. The number of fused-ring (bicyclic) bond motifs is 3. The molecule has 0 amide bonds. The fourth-order valence-corrected chi connectivity index (χ4v) is 5.30. The maximum atomic E-state index is 11.1. The van der Waals surface area contributed by atoms with Gasteiger partial charge >= 0.3 is 0 Å². The number of ether oxygens (including phenoxy) is 1. The van der Waals surface area contributed by atoms with Gasteiger partial charge in [-0.05, 0) is 75.5 Å². The molecule has 0 saturated carbocycles. The van der Waals surface area contributed by atoms with Crippen LogP contribution in [0.5, 0.6) is 11.5 Å². The maximum Gasteiger partial charge on any atom is 0.127 e. The van der Waals surface area contributed by atoms with Crippen LogP contribution in [-0.4, -0.2) is 10.7 Å². The highest BCUT2D eigenvalue weighted by atomic mass is 16.5. The molecule has 0 spiro atoms. The molecule has 2 unspecified atom stereocenters. The molecule has 2 heteroatoms. The predicted octanol–water partition coefficient (Wildman–Crippen LogP) is 7.71. The van der Waals surface area contributed by atoms with Crippen LogP contribution in [-0.2, 0) is 0 Å². The monoisotopic (exact) mass is 384 g/mol. The van der Waals surface area contributed by atoms with Crippen molar-refractivity contribution in [1.29, 1.82) is 0 Å². The van der Waals surface area contributed by atoms with Gasteiger partial charge in [-0.15, -0.1) is 0 Å². The molecule has 0 bridgehead atoms. The molecule has 28 heavy (non-hydrogen) atoms. The second-order valence-electron chi connectivity index (χ2n) is 9.96. The summed E-state index contributed by atoms with van der Waals surface area (Å²) >= 11 is 0. The zero-order valence-electron chi connectivity index (χ0n) is 18.8. The summed E-state index contributed by atoms with van der Waals surface area (Å²) in [5.41, 5.74) is 3.54. The molecule has 1 heterocycles. The Hall–Kier alpha value is -1.44. The molecule has 1 aromatic rings. The van der Waals surface area contributed by atoms with E-state index in [0.717, 1.165) is 30.6 Å². The van der Waals surface area contributed by atoms with Gasteiger partial charge in [-0.1, -0.05) is 58.1 Å². The Morgan fingerprint density at radius 1 is 1.21 bits per heavy atom. The van der Waals surface area contributed by atoms with Gasteiger partial charge in [0, 0.05) is 11.5 Å². The third-order valence-electron chi connectivity index (χ3n) is 7.48. The van der Waals surface area contributed by atoms with Gasteiger partial charge in [0.15, 0.2) is 0 Å². The Bertz CT molecular complexity index is 715. The number of phenols is 1. The molecule has 4 atom stereocenters. The molecule has 2 aliphatic rings. The Balaban J connectivity index is 1.90. The van der Waals surface area contributed by atoms with Crippen molar-refractivity contribution < 1.29 is 9.84 Å². The molecule has 156 valence electrons. The van der Waals surface area contributed by atoms with Crippen molar-refractivity contribution in [3.05, 3.63) is 34.9 Å². The summed E-state index contributed by atoms with van der Waals surface area (Å²) in [4.78, 5) is 0. The number of allylic oxidation sites excluding steroid dienone is 2. The minimum Gasteiger partial charge on any atom is -0.508 e. The number of rotatable bonds is 6. The fourth-order valence-electron chi connectivity index (χ4n) is 5.30. The van der Waals surface area contributed by atoms with E-state index < -0.39 is 0 Å². The normalized spacial score (nSPS) is 25.6. The molecule has 0 radical (unpaired) electrons. The van der Waals surface area contributed by atoms with Gasteiger partial charge in [0.05, 0.1) is 0 Å². The molecule has 1 aromatic carbocycles. The van der Waals surface area contributed by atoms with Crippen molar-refractivity contribution >= 4 is 0 Å². The first-order valence-electron chi connectivity index (χ1n) is 11.5. The Morgan fingerprint density at radius 2 is 1.96 bits per heavy atom. The second-order valence-corrected chi connectivity index (χ2v) is 9.96. The van der Waals surface area contributed by atoms with E-state index in [-0.39, 0.29) is 5.60 Å². The highest BCUT2D eigenvalue weighted by Crippen LogP contribution is 2.54. The molecular formula is C26H40O2. The maximum absolute atomic E-state index is 11.1. The first kappa shape index (κ1) is 21.3. The number of aromatic hydroxyl groups is 1. The van der Waals surface area contributed by atoms with Crippen LogP contribution in [0, 0.1) is 11.8 Å². The zero-order chi connectivity index (χ0) is 20.5. The van der Waals surface area contributed by atoms with Crippen molar-refractivity contribution in [2.45, 2.75) is 104 Å². The smallest absolute Gasteiger partial charge is 0.127 e. The van der Waals surface area contributed by atoms with Gasteiger partial charge in [0.2, 0.25) is 0 Å². The molecule has 0 saturated heterocycles. The van der Waals surface area contributed by atoms with E-state index >= 15 is 0 Å². The van der Waals surface area contributed by atoms with Crippen LogP contribution >= 0.6 is 0 Å². The van der Waals surface area contributed by atoms with E-state index in [1.165, 1.54) is 36.8 Å². The van der Waals surface area contributed by atoms with Crippen molar-refractivity contribution in [1.82, 2.24) is 0 Å². The van der Waals surface area contributed by atoms with Crippen LogP contribution < -0.4 is 4.74 Å². The average Bonchev–Trinajstić information content (AvgIpc) is 2.83. The lowest BCUT2D eigenvalue weighted by molar-refractivity contribution is 0.00969. The molecule has 2 nitrogen and oxygen atoms in total. The lowest BCUT2D eigenvalue weighted by atomic mass is 9.70. The van der Waals surface area contributed by atoms with E-state index in [0.29, 0.717) is 29.4 Å². The standard InChI is InChI=1S/C26H40O2/c1-7-8-9-10-18(3)19(4)20-15-23(27)25-21-13-11-17(2)12-14-22(21)26(5,6)28-24(25)16-20/h12,15-16,18-19,21-22,27H,7-11,13-14H2,1-6H3/t18?,19?,21-,22-/m1/s1. The summed E-state index contributed by atoms with van der Waals surface area (Å²) in [6.45, 7) is 13.6. The number of phenolic OH excluding ortho intramolecular Hbond substituents is 1. The lowest BCUT2D eigenvalue weighted by Gasteiger charge is -2.45. The molecule has 0 fully saturated rings. The molecular weight excluding hydrogens is 344 g/mol. The third-order valence-corrected chi connectivity index (χ3v) is 7.48. The van der Waals surface area contributed by atoms with E-state index in [4.69, 9.17) is 4.74 Å². The minimum absolute atomic E-state index is 0.209. The van der Waals surface area contributed by atoms with Crippen LogP contribution in [0.2, 0.25) is 0 Å². The highest BCUT2D eigenvalue weighted by molar-refractivity contribution is 5.52. The summed E-state index contributed by atoms with van der Waals surface area (Å²) in [5.74, 6) is 3.20. The van der Waals surface area contributed by atoms with Gasteiger partial charge in [0.1, 0.15) is 17.1 Å². The van der Waals surface area contributed by atoms with Crippen LogP contribution in [0.15, 0.2) is 23.8 Å². The van der Waals surface area contributed by atoms with Crippen molar-refractivity contribution in [3.63, 3.8) is 0 Å². The van der Waals surface area contributed by atoms with E-state index in [1.54, 1.807) is 0 Å². The average molecular weight is 385 g/mol. The number of hydrogen-bond acceptors (Lipinski definition) is 2. The Labute approximate surface area is 172 Å². The van der Waals surface area contributed by atoms with Gasteiger partial charge < -0.3 is 9.84 Å². The SMILES string of the molecule is CCCCCC(C)C(C)c1cc(O)c2c(c1)OC(C)(C)[C@@H]1CC=C(C)CC[C@@H]21. The van der Waals surface area contributed by atoms with E-state index in [1.807, 2.05) is 6.07 Å². The quantitative estimate of drug-likeness (QED) is 0.402. The van der Waals surface area contributed by atoms with Crippen LogP contribution in [0.1, 0.15) is 109 Å². The fraction of sp³-hybridized carbons (Fsp3) is 0.692. The van der Waals surface area contributed by atoms with E-state index in [9.17, 15) is 5.11 Å². The number of hydrogen-bond donors (Lipinski definition) is 1. The first-order chi connectivity index (χ1) is 13.2. The van der Waals surface area contributed by atoms with Gasteiger partial charge in [0.25, 0.3) is 0 Å². The number of unbranched alkanes of at least 4 members (excludes halogenated alkanes) is 2. The largest absolute Gasteiger partial charge is 0.508 e. The summed E-state index contributed by atoms with van der Waals surface area (Å²) in [6.07, 6.45) is 10.7. The van der Waals surface area contributed by atoms with Crippen molar-refractivity contribution in [2.24, 2.45) is 11.8 Å². The zero-order valence-corrected chi connectivity index (χ0v) is 18.8. The molecule has 1 aliphatic heterocycles.